The Morgan fingerprint density at radius 1 is 1.18 bits per heavy atom. The van der Waals surface area contributed by atoms with Crippen LogP contribution in [0.25, 0.3) is 10.8 Å². The number of hydrogen-bond donors (Lipinski definition) is 1. The number of fused-ring (bicyclic) bond motifs is 1. The zero-order chi connectivity index (χ0) is 16.5. The number of amides is 1. The van der Waals surface area contributed by atoms with E-state index in [0.29, 0.717) is 16.5 Å². The summed E-state index contributed by atoms with van der Waals surface area (Å²) in [7, 11) is -5.74. The van der Waals surface area contributed by atoms with Crippen LogP contribution in [-0.4, -0.2) is 19.8 Å². The van der Waals surface area contributed by atoms with Crippen LogP contribution in [0.4, 0.5) is 18.9 Å². The molecule has 0 fully saturated rings. The Balaban J connectivity index is 2.48. The number of rotatable bonds is 3. The average molecular weight is 333 g/mol. The van der Waals surface area contributed by atoms with Gasteiger partial charge < -0.3 is 9.50 Å². The third-order valence-corrected chi connectivity index (χ3v) is 3.63. The van der Waals surface area contributed by atoms with E-state index in [2.05, 4.69) is 9.50 Å². The molecule has 2 aromatic rings. The Morgan fingerprint density at radius 2 is 1.86 bits per heavy atom. The van der Waals surface area contributed by atoms with Crippen LogP contribution >= 0.6 is 0 Å². The van der Waals surface area contributed by atoms with Gasteiger partial charge in [-0.1, -0.05) is 18.2 Å². The van der Waals surface area contributed by atoms with E-state index in [0.717, 1.165) is 12.1 Å². The van der Waals surface area contributed by atoms with E-state index in [9.17, 15) is 26.4 Å². The van der Waals surface area contributed by atoms with E-state index in [1.54, 1.807) is 12.1 Å². The third kappa shape index (κ3) is 3.30. The van der Waals surface area contributed by atoms with E-state index in [1.165, 1.54) is 19.1 Å². The standard InChI is InChI=1S/C13H10F3NO4S/c1-8(18)17-12-4-2-3-9-5-6-10(7-11(9)12)21-22(19,20)13(14,15)16/h2-7H,1H3,(H,17,18). The predicted molar refractivity (Wildman–Crippen MR) is 73.9 cm³/mol. The smallest absolute Gasteiger partial charge is 0.376 e. The highest BCUT2D eigenvalue weighted by atomic mass is 32.2. The molecule has 0 aliphatic carbocycles. The first-order valence-electron chi connectivity index (χ1n) is 5.91. The third-order valence-electron chi connectivity index (χ3n) is 2.65. The van der Waals surface area contributed by atoms with Crippen molar-refractivity contribution in [2.75, 3.05) is 5.32 Å². The summed E-state index contributed by atoms with van der Waals surface area (Å²) in [6.07, 6.45) is 0. The fraction of sp³-hybridized carbons (Fsp3) is 0.154. The number of anilines is 1. The monoisotopic (exact) mass is 333 g/mol. The lowest BCUT2D eigenvalue weighted by Gasteiger charge is -2.11. The SMILES string of the molecule is CC(=O)Nc1cccc2ccc(OS(=O)(=O)C(F)(F)F)cc12. The summed E-state index contributed by atoms with van der Waals surface area (Å²) in [5, 5.41) is 3.46. The Labute approximate surface area is 123 Å². The van der Waals surface area contributed by atoms with Crippen LogP contribution in [0, 0.1) is 0 Å². The molecule has 0 spiro atoms. The molecule has 9 heteroatoms. The molecule has 0 saturated heterocycles. The first-order chi connectivity index (χ1) is 10.1. The molecule has 118 valence electrons. The summed E-state index contributed by atoms with van der Waals surface area (Å²) >= 11 is 0. The second-order valence-corrected chi connectivity index (χ2v) is 5.89. The molecule has 0 aliphatic heterocycles. The minimum Gasteiger partial charge on any atom is -0.376 e. The molecule has 0 atom stereocenters. The van der Waals surface area contributed by atoms with Crippen molar-refractivity contribution in [3.05, 3.63) is 36.4 Å². The van der Waals surface area contributed by atoms with E-state index in [4.69, 9.17) is 0 Å². The molecule has 0 aromatic heterocycles. The van der Waals surface area contributed by atoms with Gasteiger partial charge in [0.05, 0.1) is 0 Å². The number of carbonyl (C=O) groups is 1. The van der Waals surface area contributed by atoms with E-state index in [1.807, 2.05) is 0 Å². The zero-order valence-electron chi connectivity index (χ0n) is 11.1. The van der Waals surface area contributed by atoms with Gasteiger partial charge in [-0.25, -0.2) is 0 Å². The summed E-state index contributed by atoms with van der Waals surface area (Å²) in [5.41, 5.74) is -5.18. The van der Waals surface area contributed by atoms with Gasteiger partial charge in [-0.05, 0) is 23.6 Å². The molecule has 0 aliphatic rings. The van der Waals surface area contributed by atoms with Crippen molar-refractivity contribution in [1.29, 1.82) is 0 Å². The van der Waals surface area contributed by atoms with E-state index < -0.39 is 21.4 Å². The van der Waals surface area contributed by atoms with Crippen LogP contribution in [0.5, 0.6) is 5.75 Å². The van der Waals surface area contributed by atoms with Crippen molar-refractivity contribution in [1.82, 2.24) is 0 Å². The molecule has 1 N–H and O–H groups in total. The summed E-state index contributed by atoms with van der Waals surface area (Å²) in [5.74, 6) is -0.871. The Morgan fingerprint density at radius 3 is 2.45 bits per heavy atom. The van der Waals surface area contributed by atoms with Gasteiger partial charge in [-0.15, -0.1) is 0 Å². The van der Waals surface area contributed by atoms with Crippen molar-refractivity contribution in [3.63, 3.8) is 0 Å². The van der Waals surface area contributed by atoms with Gasteiger partial charge in [0.2, 0.25) is 5.91 Å². The summed E-state index contributed by atoms with van der Waals surface area (Å²) in [6, 6.07) is 8.43. The predicted octanol–water partition coefficient (Wildman–Crippen LogP) is 3.03. The molecule has 22 heavy (non-hydrogen) atoms. The highest BCUT2D eigenvalue weighted by molar-refractivity contribution is 7.88. The summed E-state index contributed by atoms with van der Waals surface area (Å²) < 4.78 is 63.0. The molecule has 0 heterocycles. The van der Waals surface area contributed by atoms with Crippen molar-refractivity contribution in [3.8, 4) is 5.75 Å². The number of nitrogens with one attached hydrogen (secondary N) is 1. The minimum absolute atomic E-state index is 0.333. The van der Waals surface area contributed by atoms with Crippen LogP contribution in [0.1, 0.15) is 6.92 Å². The number of benzene rings is 2. The fourth-order valence-electron chi connectivity index (χ4n) is 1.78. The Kier molecular flexibility index (Phi) is 4.01. The molecule has 5 nitrogen and oxygen atoms in total. The molecule has 2 aromatic carbocycles. The van der Waals surface area contributed by atoms with Crippen LogP contribution in [0.3, 0.4) is 0 Å². The molecule has 0 bridgehead atoms. The van der Waals surface area contributed by atoms with Crippen LogP contribution in [0.2, 0.25) is 0 Å². The lowest BCUT2D eigenvalue weighted by atomic mass is 10.1. The first-order valence-corrected chi connectivity index (χ1v) is 7.32. The van der Waals surface area contributed by atoms with Crippen molar-refractivity contribution < 1.29 is 30.6 Å². The number of alkyl halides is 3. The largest absolute Gasteiger partial charge is 0.534 e. The minimum atomic E-state index is -5.74. The van der Waals surface area contributed by atoms with Crippen molar-refractivity contribution in [2.24, 2.45) is 0 Å². The maximum absolute atomic E-state index is 12.3. The topological polar surface area (TPSA) is 72.5 Å². The molecule has 0 saturated carbocycles. The first kappa shape index (κ1) is 16.1. The summed E-state index contributed by atoms with van der Waals surface area (Å²) in [6.45, 7) is 1.27. The second kappa shape index (κ2) is 5.48. The van der Waals surface area contributed by atoms with E-state index >= 15 is 0 Å². The average Bonchev–Trinajstić information content (AvgIpc) is 2.37. The lowest BCUT2D eigenvalue weighted by Crippen LogP contribution is -2.28. The van der Waals surface area contributed by atoms with Gasteiger partial charge in [0.25, 0.3) is 0 Å². The quantitative estimate of drug-likeness (QED) is 0.692. The van der Waals surface area contributed by atoms with Crippen LogP contribution < -0.4 is 9.50 Å². The molecule has 0 radical (unpaired) electrons. The molecular weight excluding hydrogens is 323 g/mol. The van der Waals surface area contributed by atoms with Gasteiger partial charge in [0.1, 0.15) is 5.75 Å². The number of hydrogen-bond acceptors (Lipinski definition) is 4. The molecule has 0 unspecified atom stereocenters. The normalized spacial score (nSPS) is 12.2. The highest BCUT2D eigenvalue weighted by Gasteiger charge is 2.48. The maximum atomic E-state index is 12.3. The number of halogens is 3. The van der Waals surface area contributed by atoms with Gasteiger partial charge in [-0.3, -0.25) is 4.79 Å². The zero-order valence-corrected chi connectivity index (χ0v) is 12.0. The molecule has 2 rings (SSSR count). The fourth-order valence-corrected chi connectivity index (χ4v) is 2.23. The van der Waals surface area contributed by atoms with E-state index in [-0.39, 0.29) is 5.91 Å². The van der Waals surface area contributed by atoms with Crippen LogP contribution in [-0.2, 0) is 14.9 Å². The van der Waals surface area contributed by atoms with Crippen molar-refractivity contribution >= 4 is 32.5 Å². The number of carbonyl (C=O) groups excluding carboxylic acids is 1. The second-order valence-electron chi connectivity index (χ2n) is 4.35. The van der Waals surface area contributed by atoms with Gasteiger partial charge in [0, 0.05) is 18.0 Å². The van der Waals surface area contributed by atoms with Crippen LogP contribution in [0.15, 0.2) is 36.4 Å². The van der Waals surface area contributed by atoms with Gasteiger partial charge >= 0.3 is 15.6 Å². The van der Waals surface area contributed by atoms with Gasteiger partial charge in [0.15, 0.2) is 0 Å². The van der Waals surface area contributed by atoms with Crippen molar-refractivity contribution in [2.45, 2.75) is 12.4 Å². The Bertz CT molecular complexity index is 831. The van der Waals surface area contributed by atoms with Gasteiger partial charge in [-0.2, -0.15) is 21.6 Å². The maximum Gasteiger partial charge on any atom is 0.534 e. The highest BCUT2D eigenvalue weighted by Crippen LogP contribution is 2.31. The lowest BCUT2D eigenvalue weighted by molar-refractivity contribution is -0.114. The molecular formula is C13H10F3NO4S. The Hall–Kier alpha value is -2.29. The summed E-state index contributed by atoms with van der Waals surface area (Å²) in [4.78, 5) is 11.1. The molecule has 1 amide bonds.